The van der Waals surface area contributed by atoms with Crippen LogP contribution < -0.4 is 24.5 Å². The minimum absolute atomic E-state index is 0.0489. The molecule has 0 saturated carbocycles. The third-order valence-electron chi connectivity index (χ3n) is 6.96. The van der Waals surface area contributed by atoms with Crippen LogP contribution in [-0.2, 0) is 0 Å². The van der Waals surface area contributed by atoms with E-state index in [1.807, 2.05) is 49.4 Å². The molecule has 202 valence electrons. The molecule has 2 heterocycles. The van der Waals surface area contributed by atoms with Gasteiger partial charge in [0.05, 0.1) is 37.3 Å². The van der Waals surface area contributed by atoms with E-state index >= 15 is 0 Å². The molecule has 1 atom stereocenters. The number of rotatable bonds is 11. The van der Waals surface area contributed by atoms with Gasteiger partial charge in [-0.15, -0.1) is 0 Å². The smallest absolute Gasteiger partial charge is 0.295 e. The predicted octanol–water partition coefficient (Wildman–Crippen LogP) is 6.91. The highest BCUT2D eigenvalue weighted by Crippen LogP contribution is 2.43. The first-order valence-corrected chi connectivity index (χ1v) is 13.5. The minimum atomic E-state index is -0.709. The van der Waals surface area contributed by atoms with Crippen LogP contribution in [0.1, 0.15) is 67.3 Å². The van der Waals surface area contributed by atoms with E-state index in [-0.39, 0.29) is 17.1 Å². The average Bonchev–Trinajstić information content (AvgIpc) is 3.26. The van der Waals surface area contributed by atoms with Crippen molar-refractivity contribution in [2.45, 2.75) is 45.6 Å². The molecule has 1 unspecified atom stereocenters. The second-order valence-corrected chi connectivity index (χ2v) is 9.49. The van der Waals surface area contributed by atoms with Gasteiger partial charge in [0.2, 0.25) is 5.76 Å². The van der Waals surface area contributed by atoms with Crippen LogP contribution in [0.5, 0.6) is 17.2 Å². The summed E-state index contributed by atoms with van der Waals surface area (Å²) in [5.41, 5.74) is 1.80. The molecule has 4 aromatic rings. The Morgan fingerprint density at radius 1 is 0.872 bits per heavy atom. The Kier molecular flexibility index (Phi) is 7.87. The molecular weight excluding hydrogens is 494 g/mol. The van der Waals surface area contributed by atoms with Crippen LogP contribution in [0.15, 0.2) is 75.9 Å². The molecular formula is C32H33NO6. The Bertz CT molecular complexity index is 1520. The quantitative estimate of drug-likeness (QED) is 0.197. The number of carbonyl (C=O) groups is 1. The maximum Gasteiger partial charge on any atom is 0.295 e. The molecule has 39 heavy (non-hydrogen) atoms. The Morgan fingerprint density at radius 2 is 1.67 bits per heavy atom. The molecule has 7 nitrogen and oxygen atoms in total. The van der Waals surface area contributed by atoms with Gasteiger partial charge in [0, 0.05) is 5.69 Å². The molecule has 5 rings (SSSR count). The number of hydrogen-bond acceptors (Lipinski definition) is 6. The Labute approximate surface area is 227 Å². The molecule has 0 fully saturated rings. The topological polar surface area (TPSA) is 78.2 Å². The monoisotopic (exact) mass is 527 g/mol. The van der Waals surface area contributed by atoms with Crippen molar-refractivity contribution in [3.8, 4) is 17.2 Å². The molecule has 0 N–H and O–H groups in total. The van der Waals surface area contributed by atoms with Crippen molar-refractivity contribution in [1.29, 1.82) is 0 Å². The Hall–Kier alpha value is -4.26. The van der Waals surface area contributed by atoms with Gasteiger partial charge in [-0.3, -0.25) is 14.5 Å². The summed E-state index contributed by atoms with van der Waals surface area (Å²) in [6.07, 6.45) is 4.41. The number of fused-ring (bicyclic) bond motifs is 2. The predicted molar refractivity (Wildman–Crippen MR) is 151 cm³/mol. The number of nitrogens with zero attached hydrogens (tertiary/aromatic N) is 1. The number of hydrogen-bond donors (Lipinski definition) is 0. The van der Waals surface area contributed by atoms with Gasteiger partial charge in [-0.1, -0.05) is 44.4 Å². The zero-order valence-corrected chi connectivity index (χ0v) is 22.6. The Balaban J connectivity index is 1.60. The van der Waals surface area contributed by atoms with Gasteiger partial charge in [0.15, 0.2) is 16.9 Å². The van der Waals surface area contributed by atoms with Crippen LogP contribution in [0.3, 0.4) is 0 Å². The third kappa shape index (κ3) is 5.09. The SMILES string of the molecule is CCCCCCOc1ccc(C2c3c(oc4ccccc4c3=O)C(=O)N2c2ccc(OCC)cc2)cc1OC. The van der Waals surface area contributed by atoms with Crippen molar-refractivity contribution in [3.63, 3.8) is 0 Å². The zero-order chi connectivity index (χ0) is 27.4. The van der Waals surface area contributed by atoms with Gasteiger partial charge in [-0.2, -0.15) is 0 Å². The van der Waals surface area contributed by atoms with Crippen LogP contribution in [-0.4, -0.2) is 26.2 Å². The number of benzene rings is 3. The number of ether oxygens (including phenoxy) is 3. The second-order valence-electron chi connectivity index (χ2n) is 9.49. The number of amides is 1. The summed E-state index contributed by atoms with van der Waals surface area (Å²) in [5.74, 6) is 1.54. The molecule has 7 heteroatoms. The molecule has 0 saturated heterocycles. The molecule has 1 aromatic heterocycles. The van der Waals surface area contributed by atoms with Crippen molar-refractivity contribution in [1.82, 2.24) is 0 Å². The average molecular weight is 528 g/mol. The summed E-state index contributed by atoms with van der Waals surface area (Å²) in [6, 6.07) is 19.1. The summed E-state index contributed by atoms with van der Waals surface area (Å²) in [5, 5.41) is 0.432. The van der Waals surface area contributed by atoms with E-state index in [4.69, 9.17) is 18.6 Å². The molecule has 0 bridgehead atoms. The van der Waals surface area contributed by atoms with Crippen LogP contribution in [0.4, 0.5) is 5.69 Å². The summed E-state index contributed by atoms with van der Waals surface area (Å²) >= 11 is 0. The van der Waals surface area contributed by atoms with Crippen molar-refractivity contribution in [3.05, 3.63) is 93.8 Å². The summed E-state index contributed by atoms with van der Waals surface area (Å²) in [6.45, 7) is 5.22. The largest absolute Gasteiger partial charge is 0.494 e. The van der Waals surface area contributed by atoms with E-state index in [1.54, 1.807) is 36.3 Å². The highest BCUT2D eigenvalue weighted by atomic mass is 16.5. The van der Waals surface area contributed by atoms with Gasteiger partial charge in [0.25, 0.3) is 5.91 Å². The molecule has 0 radical (unpaired) electrons. The molecule has 0 spiro atoms. The lowest BCUT2D eigenvalue weighted by molar-refractivity contribution is 0.0971. The van der Waals surface area contributed by atoms with Crippen molar-refractivity contribution < 1.29 is 23.4 Å². The highest BCUT2D eigenvalue weighted by Gasteiger charge is 2.44. The first-order valence-electron chi connectivity index (χ1n) is 13.5. The summed E-state index contributed by atoms with van der Waals surface area (Å²) in [7, 11) is 1.59. The van der Waals surface area contributed by atoms with Crippen LogP contribution in [0.25, 0.3) is 11.0 Å². The van der Waals surface area contributed by atoms with Gasteiger partial charge in [-0.25, -0.2) is 0 Å². The maximum atomic E-state index is 13.8. The number of para-hydroxylation sites is 1. The fourth-order valence-electron chi connectivity index (χ4n) is 5.06. The van der Waals surface area contributed by atoms with Crippen molar-refractivity contribution in [2.75, 3.05) is 25.2 Å². The number of anilines is 1. The molecule has 3 aromatic carbocycles. The minimum Gasteiger partial charge on any atom is -0.494 e. The molecule has 1 aliphatic rings. The van der Waals surface area contributed by atoms with Gasteiger partial charge >= 0.3 is 0 Å². The van der Waals surface area contributed by atoms with Crippen molar-refractivity contribution >= 4 is 22.6 Å². The Morgan fingerprint density at radius 3 is 2.41 bits per heavy atom. The van der Waals surface area contributed by atoms with Crippen LogP contribution >= 0.6 is 0 Å². The highest BCUT2D eigenvalue weighted by molar-refractivity contribution is 6.10. The zero-order valence-electron chi connectivity index (χ0n) is 22.6. The first-order chi connectivity index (χ1) is 19.1. The summed E-state index contributed by atoms with van der Waals surface area (Å²) < 4.78 is 23.3. The van der Waals surface area contributed by atoms with E-state index < -0.39 is 6.04 Å². The summed E-state index contributed by atoms with van der Waals surface area (Å²) in [4.78, 5) is 29.2. The van der Waals surface area contributed by atoms with Gasteiger partial charge in [-0.05, 0) is 67.4 Å². The molecule has 0 aliphatic carbocycles. The van der Waals surface area contributed by atoms with E-state index in [9.17, 15) is 9.59 Å². The van der Waals surface area contributed by atoms with E-state index in [0.717, 1.165) is 19.3 Å². The number of unbranched alkanes of at least 4 members (excludes halogenated alkanes) is 3. The standard InChI is InChI=1S/C32H33NO6/c1-4-6-7-10-19-38-26-18-13-21(20-27(26)36-3)29-28-30(34)24-11-8-9-12-25(24)39-31(28)32(35)33(29)22-14-16-23(17-15-22)37-5-2/h8-9,11-18,20,29H,4-7,10,19H2,1-3H3. The molecule has 1 amide bonds. The van der Waals surface area contributed by atoms with E-state index in [1.165, 1.54) is 6.42 Å². The van der Waals surface area contributed by atoms with E-state index in [0.29, 0.717) is 58.2 Å². The third-order valence-corrected chi connectivity index (χ3v) is 6.96. The first kappa shape index (κ1) is 26.4. The van der Waals surface area contributed by atoms with Crippen LogP contribution in [0.2, 0.25) is 0 Å². The maximum absolute atomic E-state index is 13.8. The lowest BCUT2D eigenvalue weighted by Crippen LogP contribution is -2.29. The van der Waals surface area contributed by atoms with Crippen molar-refractivity contribution in [2.24, 2.45) is 0 Å². The van der Waals surface area contributed by atoms with Gasteiger partial charge in [0.1, 0.15) is 11.3 Å². The normalized spacial score (nSPS) is 14.5. The van der Waals surface area contributed by atoms with Gasteiger partial charge < -0.3 is 18.6 Å². The lowest BCUT2D eigenvalue weighted by atomic mass is 9.97. The lowest BCUT2D eigenvalue weighted by Gasteiger charge is -2.26. The van der Waals surface area contributed by atoms with E-state index in [2.05, 4.69) is 6.92 Å². The number of methoxy groups -OCH3 is 1. The second kappa shape index (κ2) is 11.6. The fourth-order valence-corrected chi connectivity index (χ4v) is 5.06. The molecule has 1 aliphatic heterocycles. The number of carbonyl (C=O) groups excluding carboxylic acids is 1. The fraction of sp³-hybridized carbons (Fsp3) is 0.312. The van der Waals surface area contributed by atoms with Crippen LogP contribution in [0, 0.1) is 0 Å².